The second-order valence-corrected chi connectivity index (χ2v) is 6.66. The molecule has 0 aliphatic carbocycles. The van der Waals surface area contributed by atoms with Crippen LogP contribution in [0.15, 0.2) is 34.2 Å². The van der Waals surface area contributed by atoms with Crippen molar-refractivity contribution < 1.29 is 13.9 Å². The highest BCUT2D eigenvalue weighted by Crippen LogP contribution is 2.18. The van der Waals surface area contributed by atoms with Crippen molar-refractivity contribution in [2.75, 3.05) is 12.4 Å². The van der Waals surface area contributed by atoms with Crippen molar-refractivity contribution in [2.24, 2.45) is 0 Å². The summed E-state index contributed by atoms with van der Waals surface area (Å²) in [5.74, 6) is -0.523. The molecule has 1 amide bonds. The minimum Gasteiger partial charge on any atom is -0.376 e. The van der Waals surface area contributed by atoms with Gasteiger partial charge in [-0.05, 0) is 18.9 Å². The topological polar surface area (TPSA) is 89.0 Å². The number of hydrogen-bond acceptors (Lipinski definition) is 5. The summed E-state index contributed by atoms with van der Waals surface area (Å²) >= 11 is 1.16. The maximum Gasteiger partial charge on any atom is 0.344 e. The van der Waals surface area contributed by atoms with Gasteiger partial charge in [-0.2, -0.15) is 0 Å². The van der Waals surface area contributed by atoms with Crippen LogP contribution in [0, 0.1) is 5.82 Å². The third-order valence-electron chi connectivity index (χ3n) is 3.90. The second-order valence-electron chi connectivity index (χ2n) is 5.71. The Kier molecular flexibility index (Phi) is 5.87. The van der Waals surface area contributed by atoms with E-state index in [2.05, 4.69) is 15.5 Å². The molecule has 0 saturated carbocycles. The van der Waals surface area contributed by atoms with Gasteiger partial charge in [0.05, 0.1) is 18.4 Å². The first kappa shape index (κ1) is 17.7. The number of thioether (sulfide) groups is 1. The van der Waals surface area contributed by atoms with Gasteiger partial charge in [-0.15, -0.1) is 5.10 Å². The lowest BCUT2D eigenvalue weighted by molar-refractivity contribution is -0.118. The number of aromatic nitrogens is 3. The molecule has 1 fully saturated rings. The zero-order valence-electron chi connectivity index (χ0n) is 13.5. The maximum atomic E-state index is 13.5. The highest BCUT2D eigenvalue weighted by molar-refractivity contribution is 7.99. The van der Waals surface area contributed by atoms with Gasteiger partial charge in [0.2, 0.25) is 5.91 Å². The molecule has 1 saturated heterocycles. The first-order chi connectivity index (χ1) is 12.1. The molecular formula is C16H19FN4O3S. The molecule has 3 rings (SSSR count). The van der Waals surface area contributed by atoms with Crippen LogP contribution in [-0.4, -0.2) is 39.1 Å². The van der Waals surface area contributed by atoms with E-state index in [9.17, 15) is 14.0 Å². The van der Waals surface area contributed by atoms with Gasteiger partial charge < -0.3 is 10.1 Å². The third-order valence-corrected chi connectivity index (χ3v) is 4.88. The average molecular weight is 366 g/mol. The fourth-order valence-electron chi connectivity index (χ4n) is 2.58. The van der Waals surface area contributed by atoms with Crippen LogP contribution in [0.25, 0.3) is 0 Å². The van der Waals surface area contributed by atoms with E-state index >= 15 is 0 Å². The first-order valence-corrected chi connectivity index (χ1v) is 9.02. The molecule has 1 unspecified atom stereocenters. The zero-order chi connectivity index (χ0) is 17.6. The number of halogens is 1. The molecule has 1 aromatic carbocycles. The standard InChI is InChI=1S/C16H19FN4O3S/c17-13-6-2-1-4-11(13)8-18-14(22)10-25-16-20-19-15(23)21(16)9-12-5-3-7-24-12/h1-2,4,6,12H,3,5,7-10H2,(H,18,22)(H,19,23). The molecule has 1 aromatic heterocycles. The monoisotopic (exact) mass is 366 g/mol. The SMILES string of the molecule is O=C(CSc1n[nH]c(=O)n1CC1CCCO1)NCc1ccccc1F. The minimum absolute atomic E-state index is 0.00420. The van der Waals surface area contributed by atoms with Gasteiger partial charge in [0, 0.05) is 18.7 Å². The van der Waals surface area contributed by atoms with Crippen LogP contribution in [0.1, 0.15) is 18.4 Å². The van der Waals surface area contributed by atoms with E-state index in [1.54, 1.807) is 18.2 Å². The molecule has 9 heteroatoms. The number of H-pyrrole nitrogens is 1. The molecule has 1 aliphatic rings. The third kappa shape index (κ3) is 4.70. The number of carbonyl (C=O) groups is 1. The van der Waals surface area contributed by atoms with Crippen LogP contribution in [0.3, 0.4) is 0 Å². The minimum atomic E-state index is -0.354. The van der Waals surface area contributed by atoms with Crippen molar-refractivity contribution in [1.82, 2.24) is 20.1 Å². The van der Waals surface area contributed by atoms with Gasteiger partial charge in [0.1, 0.15) is 5.82 Å². The number of hydrogen-bond donors (Lipinski definition) is 2. The maximum absolute atomic E-state index is 13.5. The summed E-state index contributed by atoms with van der Waals surface area (Å²) < 4.78 is 20.5. The molecule has 25 heavy (non-hydrogen) atoms. The molecule has 1 atom stereocenters. The summed E-state index contributed by atoms with van der Waals surface area (Å²) in [6, 6.07) is 6.29. The summed E-state index contributed by atoms with van der Waals surface area (Å²) in [7, 11) is 0. The van der Waals surface area contributed by atoms with Crippen LogP contribution in [0.5, 0.6) is 0 Å². The predicted molar refractivity (Wildman–Crippen MR) is 90.8 cm³/mol. The van der Waals surface area contributed by atoms with E-state index in [1.807, 2.05) is 0 Å². The molecule has 1 aliphatic heterocycles. The quantitative estimate of drug-likeness (QED) is 0.721. The van der Waals surface area contributed by atoms with Crippen molar-refractivity contribution in [3.05, 3.63) is 46.1 Å². The van der Waals surface area contributed by atoms with Crippen LogP contribution >= 0.6 is 11.8 Å². The van der Waals surface area contributed by atoms with E-state index in [0.717, 1.165) is 24.6 Å². The highest BCUT2D eigenvalue weighted by atomic mass is 32.2. The second kappa shape index (κ2) is 8.30. The van der Waals surface area contributed by atoms with Gasteiger partial charge in [-0.1, -0.05) is 30.0 Å². The van der Waals surface area contributed by atoms with Crippen LogP contribution < -0.4 is 11.0 Å². The summed E-state index contributed by atoms with van der Waals surface area (Å²) in [5.41, 5.74) is 0.112. The van der Waals surface area contributed by atoms with E-state index < -0.39 is 0 Å². The van der Waals surface area contributed by atoms with Crippen molar-refractivity contribution >= 4 is 17.7 Å². The molecule has 0 radical (unpaired) electrons. The molecule has 7 nitrogen and oxygen atoms in total. The Labute approximate surface area is 148 Å². The number of nitrogens with one attached hydrogen (secondary N) is 2. The van der Waals surface area contributed by atoms with Gasteiger partial charge >= 0.3 is 5.69 Å². The largest absolute Gasteiger partial charge is 0.376 e. The zero-order valence-corrected chi connectivity index (χ0v) is 14.4. The fraction of sp³-hybridized carbons (Fsp3) is 0.438. The number of aromatic amines is 1. The highest BCUT2D eigenvalue weighted by Gasteiger charge is 2.20. The summed E-state index contributed by atoms with van der Waals surface area (Å²) in [6.07, 6.45) is 1.90. The Morgan fingerprint density at radius 1 is 1.48 bits per heavy atom. The summed E-state index contributed by atoms with van der Waals surface area (Å²) in [6.45, 7) is 1.25. The Bertz CT molecular complexity index is 786. The van der Waals surface area contributed by atoms with Gasteiger partial charge in [0.25, 0.3) is 0 Å². The van der Waals surface area contributed by atoms with Crippen LogP contribution in [0.2, 0.25) is 0 Å². The number of rotatable bonds is 7. The molecule has 2 N–H and O–H groups in total. The smallest absolute Gasteiger partial charge is 0.344 e. The number of nitrogens with zero attached hydrogens (tertiary/aromatic N) is 2. The Morgan fingerprint density at radius 2 is 2.32 bits per heavy atom. The first-order valence-electron chi connectivity index (χ1n) is 8.03. The average Bonchev–Trinajstić information content (AvgIpc) is 3.24. The van der Waals surface area contributed by atoms with Crippen LogP contribution in [-0.2, 0) is 22.6 Å². The normalized spacial score (nSPS) is 16.9. The molecule has 2 heterocycles. The molecule has 2 aromatic rings. The lowest BCUT2D eigenvalue weighted by Crippen LogP contribution is -2.27. The van der Waals surface area contributed by atoms with E-state index in [0.29, 0.717) is 23.9 Å². The Morgan fingerprint density at radius 3 is 3.08 bits per heavy atom. The lowest BCUT2D eigenvalue weighted by Gasteiger charge is -2.11. The summed E-state index contributed by atoms with van der Waals surface area (Å²) in [5, 5.41) is 9.46. The molecule has 134 valence electrons. The van der Waals surface area contributed by atoms with Crippen molar-refractivity contribution in [1.29, 1.82) is 0 Å². The van der Waals surface area contributed by atoms with Crippen molar-refractivity contribution in [2.45, 2.75) is 37.2 Å². The summed E-state index contributed by atoms with van der Waals surface area (Å²) in [4.78, 5) is 23.8. The van der Waals surface area contributed by atoms with Gasteiger partial charge in [-0.25, -0.2) is 14.3 Å². The lowest BCUT2D eigenvalue weighted by atomic mass is 10.2. The predicted octanol–water partition coefficient (Wildman–Crippen LogP) is 1.30. The Balaban J connectivity index is 1.52. The van der Waals surface area contributed by atoms with Crippen LogP contribution in [0.4, 0.5) is 4.39 Å². The number of amides is 1. The number of ether oxygens (including phenoxy) is 1. The van der Waals surface area contributed by atoms with E-state index in [-0.39, 0.29) is 35.8 Å². The molecule has 0 spiro atoms. The van der Waals surface area contributed by atoms with E-state index in [4.69, 9.17) is 4.74 Å². The number of benzene rings is 1. The Hall–Kier alpha value is -2.13. The van der Waals surface area contributed by atoms with Gasteiger partial charge in [0.15, 0.2) is 5.16 Å². The van der Waals surface area contributed by atoms with Crippen molar-refractivity contribution in [3.8, 4) is 0 Å². The van der Waals surface area contributed by atoms with Gasteiger partial charge in [-0.3, -0.25) is 9.36 Å². The van der Waals surface area contributed by atoms with E-state index in [1.165, 1.54) is 10.6 Å². The molecule has 0 bridgehead atoms. The number of carbonyl (C=O) groups excluding carboxylic acids is 1. The fourth-order valence-corrected chi connectivity index (χ4v) is 3.37. The molecular weight excluding hydrogens is 347 g/mol. The van der Waals surface area contributed by atoms with Crippen molar-refractivity contribution in [3.63, 3.8) is 0 Å².